The summed E-state index contributed by atoms with van der Waals surface area (Å²) in [6.07, 6.45) is 2.27. The third-order valence-electron chi connectivity index (χ3n) is 6.05. The minimum atomic E-state index is 0.248. The van der Waals surface area contributed by atoms with Crippen molar-refractivity contribution in [3.05, 3.63) is 34.9 Å². The second-order valence-corrected chi connectivity index (χ2v) is 8.27. The van der Waals surface area contributed by atoms with Crippen LogP contribution in [-0.2, 0) is 0 Å². The Morgan fingerprint density at radius 2 is 1.90 bits per heavy atom. The molecule has 0 amide bonds. The van der Waals surface area contributed by atoms with Crippen molar-refractivity contribution in [2.45, 2.75) is 32.7 Å². The van der Waals surface area contributed by atoms with Crippen molar-refractivity contribution in [3.8, 4) is 23.7 Å². The number of piperazine rings is 1. The van der Waals surface area contributed by atoms with Crippen LogP contribution in [0.1, 0.15) is 29.5 Å². The first-order valence-corrected chi connectivity index (χ1v) is 10.9. The number of aromatic nitrogens is 2. The van der Waals surface area contributed by atoms with Gasteiger partial charge in [-0.3, -0.25) is 0 Å². The van der Waals surface area contributed by atoms with Crippen molar-refractivity contribution in [2.24, 2.45) is 0 Å². The zero-order valence-corrected chi connectivity index (χ0v) is 18.5. The molecular formula is C23H30N6O2. The monoisotopic (exact) mass is 422 g/mol. The predicted molar refractivity (Wildman–Crippen MR) is 119 cm³/mol. The molecule has 164 valence electrons. The number of anilines is 1. The Morgan fingerprint density at radius 1 is 1.16 bits per heavy atom. The molecule has 0 aliphatic carbocycles. The summed E-state index contributed by atoms with van der Waals surface area (Å²) in [5.41, 5.74) is 2.32. The molecule has 2 aromatic rings. The molecule has 0 radical (unpaired) electrons. The first-order valence-electron chi connectivity index (χ1n) is 10.9. The lowest BCUT2D eigenvalue weighted by Crippen LogP contribution is -2.44. The van der Waals surface area contributed by atoms with Crippen LogP contribution in [-0.4, -0.2) is 67.3 Å². The smallest absolute Gasteiger partial charge is 0.321 e. The Hall–Kier alpha value is -2.89. The zero-order chi connectivity index (χ0) is 21.8. The van der Waals surface area contributed by atoms with Crippen LogP contribution in [0.3, 0.4) is 0 Å². The van der Waals surface area contributed by atoms with Crippen molar-refractivity contribution in [1.82, 2.24) is 20.2 Å². The summed E-state index contributed by atoms with van der Waals surface area (Å²) in [6.45, 7) is 8.77. The number of likely N-dealkylation sites (N-methyl/N-ethyl adjacent to an activating group) is 1. The highest BCUT2D eigenvalue weighted by atomic mass is 16.5. The largest absolute Gasteiger partial charge is 0.462 e. The van der Waals surface area contributed by atoms with E-state index in [1.54, 1.807) is 0 Å². The van der Waals surface area contributed by atoms with Gasteiger partial charge in [0.05, 0.1) is 0 Å². The zero-order valence-electron chi connectivity index (χ0n) is 18.5. The van der Waals surface area contributed by atoms with Gasteiger partial charge < -0.3 is 24.6 Å². The van der Waals surface area contributed by atoms with E-state index in [2.05, 4.69) is 38.2 Å². The van der Waals surface area contributed by atoms with Crippen molar-refractivity contribution in [2.75, 3.05) is 51.3 Å². The molecule has 1 aromatic carbocycles. The van der Waals surface area contributed by atoms with Gasteiger partial charge in [-0.25, -0.2) is 0 Å². The average Bonchev–Trinajstić information content (AvgIpc) is 3.20. The molecule has 1 aromatic heterocycles. The van der Waals surface area contributed by atoms with Crippen LogP contribution in [0.15, 0.2) is 18.2 Å². The number of para-hydroxylation sites is 1. The first-order chi connectivity index (χ1) is 15.1. The van der Waals surface area contributed by atoms with Crippen molar-refractivity contribution in [1.29, 1.82) is 5.26 Å². The lowest BCUT2D eigenvalue weighted by Gasteiger charge is -2.29. The highest BCUT2D eigenvalue weighted by Gasteiger charge is 2.26. The van der Waals surface area contributed by atoms with E-state index in [1.807, 2.05) is 32.0 Å². The SMILES string of the molecule is Cc1cccc(C)c1Oc1nc(OC[C@@H]2CCCN2C)nc(N2CCNCC2)c1C#N. The predicted octanol–water partition coefficient (Wildman–Crippen LogP) is 2.64. The van der Waals surface area contributed by atoms with E-state index in [9.17, 15) is 5.26 Å². The summed E-state index contributed by atoms with van der Waals surface area (Å²) in [5.74, 6) is 1.54. The summed E-state index contributed by atoms with van der Waals surface area (Å²) in [6, 6.07) is 8.85. The summed E-state index contributed by atoms with van der Waals surface area (Å²) in [4.78, 5) is 13.6. The number of rotatable bonds is 6. The van der Waals surface area contributed by atoms with Gasteiger partial charge in [-0.1, -0.05) is 18.2 Å². The van der Waals surface area contributed by atoms with Gasteiger partial charge in [0.25, 0.3) is 0 Å². The number of nitrogens with zero attached hydrogens (tertiary/aromatic N) is 5. The molecule has 0 spiro atoms. The molecule has 2 saturated heterocycles. The minimum Gasteiger partial charge on any atom is -0.462 e. The molecule has 2 aliphatic rings. The number of benzene rings is 1. The fourth-order valence-electron chi connectivity index (χ4n) is 4.17. The van der Waals surface area contributed by atoms with Crippen molar-refractivity contribution in [3.63, 3.8) is 0 Å². The van der Waals surface area contributed by atoms with Crippen LogP contribution in [0.4, 0.5) is 5.82 Å². The van der Waals surface area contributed by atoms with Gasteiger partial charge in [-0.15, -0.1) is 0 Å². The van der Waals surface area contributed by atoms with Crippen LogP contribution in [0.2, 0.25) is 0 Å². The van der Waals surface area contributed by atoms with Crippen LogP contribution in [0.5, 0.6) is 17.6 Å². The standard InChI is InChI=1S/C23H30N6O2/c1-16-6-4-7-17(2)20(16)31-22-19(14-24)21(29-12-9-25-10-13-29)26-23(27-22)30-15-18-8-5-11-28(18)3/h4,6-7,18,25H,5,8-13,15H2,1-3H3/t18-/m0/s1. The van der Waals surface area contributed by atoms with Gasteiger partial charge in [0, 0.05) is 32.2 Å². The number of nitrogens with one attached hydrogen (secondary N) is 1. The molecule has 8 nitrogen and oxygen atoms in total. The van der Waals surface area contributed by atoms with E-state index in [1.165, 1.54) is 6.42 Å². The van der Waals surface area contributed by atoms with Gasteiger partial charge in [0.1, 0.15) is 18.4 Å². The molecule has 0 saturated carbocycles. The van der Waals surface area contributed by atoms with Crippen LogP contribution in [0, 0.1) is 25.2 Å². The normalized spacial score (nSPS) is 19.3. The van der Waals surface area contributed by atoms with Gasteiger partial charge in [-0.2, -0.15) is 15.2 Å². The lowest BCUT2D eigenvalue weighted by molar-refractivity contribution is 0.186. The average molecular weight is 423 g/mol. The number of likely N-dealkylation sites (tertiary alicyclic amines) is 1. The summed E-state index contributed by atoms with van der Waals surface area (Å²) in [7, 11) is 2.11. The quantitative estimate of drug-likeness (QED) is 0.760. The summed E-state index contributed by atoms with van der Waals surface area (Å²) < 4.78 is 12.3. The van der Waals surface area contributed by atoms with Crippen molar-refractivity contribution < 1.29 is 9.47 Å². The van der Waals surface area contributed by atoms with E-state index >= 15 is 0 Å². The Morgan fingerprint density at radius 3 is 2.55 bits per heavy atom. The van der Waals surface area contributed by atoms with E-state index in [0.717, 1.165) is 50.3 Å². The fraction of sp³-hybridized carbons (Fsp3) is 0.522. The van der Waals surface area contributed by atoms with Gasteiger partial charge in [-0.05, 0) is 51.4 Å². The lowest BCUT2D eigenvalue weighted by atomic mass is 10.1. The van der Waals surface area contributed by atoms with E-state index in [0.29, 0.717) is 29.8 Å². The molecule has 1 atom stereocenters. The molecule has 3 heterocycles. The summed E-state index contributed by atoms with van der Waals surface area (Å²) >= 11 is 0. The van der Waals surface area contributed by atoms with Crippen LogP contribution >= 0.6 is 0 Å². The Balaban J connectivity index is 1.69. The maximum atomic E-state index is 9.97. The van der Waals surface area contributed by atoms with E-state index < -0.39 is 0 Å². The van der Waals surface area contributed by atoms with E-state index in [-0.39, 0.29) is 11.9 Å². The maximum Gasteiger partial charge on any atom is 0.321 e. The molecular weight excluding hydrogens is 392 g/mol. The molecule has 2 aliphatic heterocycles. The number of aryl methyl sites for hydroxylation is 2. The Kier molecular flexibility index (Phi) is 6.54. The molecule has 8 heteroatoms. The number of hydrogen-bond donors (Lipinski definition) is 1. The molecule has 2 fully saturated rings. The van der Waals surface area contributed by atoms with Crippen LogP contribution < -0.4 is 19.7 Å². The van der Waals surface area contributed by atoms with Crippen molar-refractivity contribution >= 4 is 5.82 Å². The summed E-state index contributed by atoms with van der Waals surface area (Å²) in [5, 5.41) is 13.3. The molecule has 0 unspecified atom stereocenters. The Bertz CT molecular complexity index is 947. The van der Waals surface area contributed by atoms with Gasteiger partial charge >= 0.3 is 6.01 Å². The Labute approximate surface area is 183 Å². The first kappa shape index (κ1) is 21.3. The maximum absolute atomic E-state index is 9.97. The third kappa shape index (κ3) is 4.73. The van der Waals surface area contributed by atoms with Gasteiger partial charge in [0.2, 0.25) is 5.88 Å². The topological polar surface area (TPSA) is 86.5 Å². The number of nitriles is 1. The molecule has 4 rings (SSSR count). The highest BCUT2D eigenvalue weighted by Crippen LogP contribution is 2.34. The second-order valence-electron chi connectivity index (χ2n) is 8.27. The van der Waals surface area contributed by atoms with Crippen LogP contribution in [0.25, 0.3) is 0 Å². The van der Waals surface area contributed by atoms with Gasteiger partial charge in [0.15, 0.2) is 11.4 Å². The minimum absolute atomic E-state index is 0.248. The molecule has 0 bridgehead atoms. The number of ether oxygens (including phenoxy) is 2. The fourth-order valence-corrected chi connectivity index (χ4v) is 4.17. The molecule has 1 N–H and O–H groups in total. The molecule has 31 heavy (non-hydrogen) atoms. The highest BCUT2D eigenvalue weighted by molar-refractivity contribution is 5.60. The third-order valence-corrected chi connectivity index (χ3v) is 6.05. The van der Waals surface area contributed by atoms with E-state index in [4.69, 9.17) is 9.47 Å². The second kappa shape index (κ2) is 9.50. The number of hydrogen-bond acceptors (Lipinski definition) is 8.